The van der Waals surface area contributed by atoms with Crippen LogP contribution in [-0.4, -0.2) is 27.0 Å². The van der Waals surface area contributed by atoms with Crippen LogP contribution in [0.25, 0.3) is 22.1 Å². The third kappa shape index (κ3) is 4.51. The van der Waals surface area contributed by atoms with E-state index < -0.39 is 42.0 Å². The lowest BCUT2D eigenvalue weighted by atomic mass is 10.2. The summed E-state index contributed by atoms with van der Waals surface area (Å²) in [6.07, 6.45) is 3.70. The first kappa shape index (κ1) is 23.8. The number of hydrogen-bond acceptors (Lipinski definition) is 5. The molecule has 1 aliphatic carbocycles. The fourth-order valence-electron chi connectivity index (χ4n) is 4.59. The molecule has 1 saturated carbocycles. The number of benzene rings is 2. The van der Waals surface area contributed by atoms with Gasteiger partial charge >= 0.3 is 5.69 Å². The Kier molecular flexibility index (Phi) is 6.36. The van der Waals surface area contributed by atoms with Gasteiger partial charge in [-0.25, -0.2) is 13.8 Å². The maximum Gasteiger partial charge on any atom is 0.332 e. The van der Waals surface area contributed by atoms with Crippen LogP contribution in [0.15, 0.2) is 56.5 Å². The van der Waals surface area contributed by atoms with E-state index in [1.54, 1.807) is 24.3 Å². The maximum absolute atomic E-state index is 14.2. The summed E-state index contributed by atoms with van der Waals surface area (Å²) in [5.41, 5.74) is -1.43. The number of carbonyl (C=O) groups excluding carboxylic acids is 2. The highest BCUT2D eigenvalue weighted by Crippen LogP contribution is 2.26. The highest BCUT2D eigenvalue weighted by molar-refractivity contribution is 6.30. The molecule has 0 spiro atoms. The topological polar surface area (TPSA) is 115 Å². The monoisotopic (exact) mass is 512 g/mol. The average molecular weight is 513 g/mol. The minimum atomic E-state index is -0.854. The zero-order chi connectivity index (χ0) is 25.4. The standard InChI is InChI=1S/C25H22ClFN4O5/c26-14-9-10-18(17(27)11-14)29-21(33)12-30-22-16-7-3-4-8-19(16)36-23(22)24(34)31(25(30)35)13-20(32)28-15-5-1-2-6-15/h3-4,7-11,15H,1-2,5-6,12-13H2,(H,28,32)(H,29,33). The number of halogens is 2. The number of rotatable bonds is 6. The third-order valence-electron chi connectivity index (χ3n) is 6.27. The van der Waals surface area contributed by atoms with Gasteiger partial charge in [0, 0.05) is 16.5 Å². The maximum atomic E-state index is 14.2. The van der Waals surface area contributed by atoms with E-state index in [1.165, 1.54) is 12.1 Å². The van der Waals surface area contributed by atoms with Gasteiger partial charge in [-0.3, -0.25) is 19.0 Å². The van der Waals surface area contributed by atoms with E-state index in [2.05, 4.69) is 10.6 Å². The molecule has 0 atom stereocenters. The number of carbonyl (C=O) groups is 2. The van der Waals surface area contributed by atoms with E-state index in [0.29, 0.717) is 11.0 Å². The number of furan rings is 1. The van der Waals surface area contributed by atoms with Crippen LogP contribution in [0.2, 0.25) is 5.02 Å². The van der Waals surface area contributed by atoms with E-state index in [4.69, 9.17) is 16.0 Å². The first-order valence-electron chi connectivity index (χ1n) is 11.5. The van der Waals surface area contributed by atoms with Crippen molar-refractivity contribution in [1.29, 1.82) is 0 Å². The average Bonchev–Trinajstić information content (AvgIpc) is 3.49. The molecule has 9 nitrogen and oxygen atoms in total. The molecule has 4 aromatic rings. The van der Waals surface area contributed by atoms with Crippen molar-refractivity contribution in [2.75, 3.05) is 5.32 Å². The molecule has 2 N–H and O–H groups in total. The van der Waals surface area contributed by atoms with Gasteiger partial charge < -0.3 is 15.1 Å². The second-order valence-electron chi connectivity index (χ2n) is 8.76. The van der Waals surface area contributed by atoms with Crippen molar-refractivity contribution in [3.63, 3.8) is 0 Å². The summed E-state index contributed by atoms with van der Waals surface area (Å²) in [6, 6.07) is 10.5. The summed E-state index contributed by atoms with van der Waals surface area (Å²) in [4.78, 5) is 52.2. The van der Waals surface area contributed by atoms with Gasteiger partial charge in [-0.1, -0.05) is 36.6 Å². The number of fused-ring (bicyclic) bond motifs is 3. The highest BCUT2D eigenvalue weighted by Gasteiger charge is 2.24. The molecular weight excluding hydrogens is 491 g/mol. The van der Waals surface area contributed by atoms with Crippen molar-refractivity contribution in [3.05, 3.63) is 74.1 Å². The van der Waals surface area contributed by atoms with E-state index in [-0.39, 0.29) is 27.9 Å². The van der Waals surface area contributed by atoms with E-state index >= 15 is 0 Å². The summed E-state index contributed by atoms with van der Waals surface area (Å²) in [5.74, 6) is -1.93. The van der Waals surface area contributed by atoms with Crippen molar-refractivity contribution >= 4 is 51.2 Å². The van der Waals surface area contributed by atoms with Gasteiger partial charge in [0.05, 0.1) is 5.69 Å². The predicted octanol–water partition coefficient (Wildman–Crippen LogP) is 3.40. The minimum Gasteiger partial charge on any atom is -0.449 e. The lowest BCUT2D eigenvalue weighted by molar-refractivity contribution is -0.122. The Morgan fingerprint density at radius 2 is 1.75 bits per heavy atom. The van der Waals surface area contributed by atoms with Crippen LogP contribution in [0.5, 0.6) is 0 Å². The molecule has 0 aliphatic heterocycles. The number of nitrogens with one attached hydrogen (secondary N) is 2. The largest absolute Gasteiger partial charge is 0.449 e. The molecule has 0 saturated heterocycles. The second kappa shape index (κ2) is 9.62. The van der Waals surface area contributed by atoms with Crippen LogP contribution in [0, 0.1) is 5.82 Å². The molecular formula is C25H22ClFN4O5. The number of hydrogen-bond donors (Lipinski definition) is 2. The van der Waals surface area contributed by atoms with Gasteiger partial charge in [-0.05, 0) is 43.2 Å². The Bertz CT molecular complexity index is 1620. The highest BCUT2D eigenvalue weighted by atomic mass is 35.5. The lowest BCUT2D eigenvalue weighted by Gasteiger charge is -2.14. The number of anilines is 1. The molecule has 5 rings (SSSR count). The summed E-state index contributed by atoms with van der Waals surface area (Å²) >= 11 is 5.77. The molecule has 1 aliphatic rings. The van der Waals surface area contributed by atoms with Crippen LogP contribution in [0.4, 0.5) is 10.1 Å². The SMILES string of the molecule is O=C(Cn1c(=O)n(CC(=O)NC2CCCC2)c(=O)c2oc3ccccc3c21)Nc1ccc(Cl)cc1F. The van der Waals surface area contributed by atoms with Gasteiger partial charge in [0.15, 0.2) is 0 Å². The zero-order valence-electron chi connectivity index (χ0n) is 19.1. The van der Waals surface area contributed by atoms with Crippen molar-refractivity contribution in [1.82, 2.24) is 14.5 Å². The van der Waals surface area contributed by atoms with Crippen molar-refractivity contribution in [3.8, 4) is 0 Å². The molecule has 1 fully saturated rings. The zero-order valence-corrected chi connectivity index (χ0v) is 19.8. The summed E-state index contributed by atoms with van der Waals surface area (Å²) in [7, 11) is 0. The van der Waals surface area contributed by atoms with Crippen LogP contribution in [-0.2, 0) is 22.7 Å². The Labute approximate surface area is 208 Å². The van der Waals surface area contributed by atoms with Crippen molar-refractivity contribution in [2.24, 2.45) is 0 Å². The molecule has 2 heterocycles. The van der Waals surface area contributed by atoms with E-state index in [9.17, 15) is 23.6 Å². The summed E-state index contributed by atoms with van der Waals surface area (Å²) in [6.45, 7) is -1.07. The molecule has 0 bridgehead atoms. The van der Waals surface area contributed by atoms with Gasteiger partial charge in [0.2, 0.25) is 17.4 Å². The first-order valence-corrected chi connectivity index (χ1v) is 11.9. The third-order valence-corrected chi connectivity index (χ3v) is 6.50. The molecule has 2 amide bonds. The Morgan fingerprint density at radius 3 is 2.50 bits per heavy atom. The molecule has 2 aromatic heterocycles. The van der Waals surface area contributed by atoms with Gasteiger partial charge in [-0.15, -0.1) is 0 Å². The molecule has 0 radical (unpaired) electrons. The van der Waals surface area contributed by atoms with Crippen LogP contribution >= 0.6 is 11.6 Å². The number of amides is 2. The quantitative estimate of drug-likeness (QED) is 0.411. The van der Waals surface area contributed by atoms with Crippen molar-refractivity contribution < 1.29 is 18.4 Å². The summed E-state index contributed by atoms with van der Waals surface area (Å²) in [5, 5.41) is 5.88. The molecule has 186 valence electrons. The Morgan fingerprint density at radius 1 is 1.03 bits per heavy atom. The van der Waals surface area contributed by atoms with Crippen LogP contribution in [0.3, 0.4) is 0 Å². The fourth-order valence-corrected chi connectivity index (χ4v) is 4.75. The van der Waals surface area contributed by atoms with Gasteiger partial charge in [0.25, 0.3) is 5.56 Å². The molecule has 11 heteroatoms. The summed E-state index contributed by atoms with van der Waals surface area (Å²) < 4.78 is 21.8. The second-order valence-corrected chi connectivity index (χ2v) is 9.19. The molecule has 2 aromatic carbocycles. The normalized spacial score (nSPS) is 13.9. The van der Waals surface area contributed by atoms with Crippen LogP contribution < -0.4 is 21.9 Å². The lowest BCUT2D eigenvalue weighted by Crippen LogP contribution is -2.46. The van der Waals surface area contributed by atoms with Gasteiger partial charge in [-0.2, -0.15) is 0 Å². The number of aromatic nitrogens is 2. The van der Waals surface area contributed by atoms with Crippen LogP contribution in [0.1, 0.15) is 25.7 Å². The Hall–Kier alpha value is -3.92. The van der Waals surface area contributed by atoms with E-state index in [0.717, 1.165) is 40.9 Å². The molecule has 36 heavy (non-hydrogen) atoms. The Balaban J connectivity index is 1.56. The van der Waals surface area contributed by atoms with Gasteiger partial charge in [0.1, 0.15) is 30.0 Å². The fraction of sp³-hybridized carbons (Fsp3) is 0.280. The number of para-hydroxylation sites is 1. The molecule has 0 unspecified atom stereocenters. The number of nitrogens with zero attached hydrogens (tertiary/aromatic N) is 2. The van der Waals surface area contributed by atoms with Crippen molar-refractivity contribution in [2.45, 2.75) is 44.8 Å². The van der Waals surface area contributed by atoms with E-state index in [1.807, 2.05) is 0 Å². The predicted molar refractivity (Wildman–Crippen MR) is 133 cm³/mol. The first-order chi connectivity index (χ1) is 17.3. The minimum absolute atomic E-state index is 0.00501. The smallest absolute Gasteiger partial charge is 0.332 e.